The molecule has 2 unspecified atom stereocenters. The Kier molecular flexibility index (Phi) is 7.49. The smallest absolute Gasteiger partial charge is 0.265 e. The SMILES string of the molecule is Cl.Cn1cc(S(=O)(=O)N2CCCC(CNC(=O)C3CCCN3)C2)cc1C(N)=O. The van der Waals surface area contributed by atoms with Crippen LogP contribution in [-0.2, 0) is 21.9 Å². The molecule has 2 amide bonds. The summed E-state index contributed by atoms with van der Waals surface area (Å²) in [4.78, 5) is 23.6. The number of aryl methyl sites for hydroxylation is 1. The number of nitrogens with one attached hydrogen (secondary N) is 2. The highest BCUT2D eigenvalue weighted by atomic mass is 35.5. The average Bonchev–Trinajstić information content (AvgIpc) is 3.30. The van der Waals surface area contributed by atoms with Gasteiger partial charge in [-0.1, -0.05) is 0 Å². The van der Waals surface area contributed by atoms with Gasteiger partial charge >= 0.3 is 0 Å². The van der Waals surface area contributed by atoms with Crippen molar-refractivity contribution in [3.63, 3.8) is 0 Å². The Labute approximate surface area is 171 Å². The van der Waals surface area contributed by atoms with E-state index in [1.54, 1.807) is 7.05 Å². The van der Waals surface area contributed by atoms with Gasteiger partial charge in [-0.3, -0.25) is 9.59 Å². The minimum absolute atomic E-state index is 0. The third-order valence-corrected chi connectivity index (χ3v) is 7.12. The van der Waals surface area contributed by atoms with Crippen molar-refractivity contribution in [2.75, 3.05) is 26.2 Å². The van der Waals surface area contributed by atoms with Crippen molar-refractivity contribution >= 4 is 34.2 Å². The first-order valence-corrected chi connectivity index (χ1v) is 10.7. The van der Waals surface area contributed by atoms with E-state index in [0.29, 0.717) is 19.6 Å². The van der Waals surface area contributed by atoms with E-state index in [4.69, 9.17) is 5.73 Å². The Morgan fingerprint density at radius 1 is 1.32 bits per heavy atom. The van der Waals surface area contributed by atoms with Crippen LogP contribution in [0, 0.1) is 5.92 Å². The zero-order chi connectivity index (χ0) is 19.6. The highest BCUT2D eigenvalue weighted by Gasteiger charge is 2.32. The van der Waals surface area contributed by atoms with Crippen molar-refractivity contribution in [3.8, 4) is 0 Å². The molecule has 2 atom stereocenters. The van der Waals surface area contributed by atoms with Gasteiger partial charge < -0.3 is 20.9 Å². The number of carbonyl (C=O) groups is 2. The van der Waals surface area contributed by atoms with Crippen LogP contribution >= 0.6 is 12.4 Å². The monoisotopic (exact) mass is 433 g/mol. The average molecular weight is 434 g/mol. The topological polar surface area (TPSA) is 127 Å². The van der Waals surface area contributed by atoms with Crippen molar-refractivity contribution in [1.29, 1.82) is 0 Å². The summed E-state index contributed by atoms with van der Waals surface area (Å²) in [7, 11) is -2.12. The summed E-state index contributed by atoms with van der Waals surface area (Å²) in [5.74, 6) is -0.612. The predicted octanol–water partition coefficient (Wildman–Crippen LogP) is -0.185. The molecule has 11 heteroatoms. The number of amides is 2. The lowest BCUT2D eigenvalue weighted by Gasteiger charge is -2.32. The van der Waals surface area contributed by atoms with Gasteiger partial charge in [0, 0.05) is 32.9 Å². The maximum Gasteiger partial charge on any atom is 0.265 e. The molecule has 0 aromatic carbocycles. The molecule has 1 aromatic rings. The van der Waals surface area contributed by atoms with Crippen LogP contribution in [0.4, 0.5) is 0 Å². The number of hydrogen-bond donors (Lipinski definition) is 3. The molecular weight excluding hydrogens is 406 g/mol. The van der Waals surface area contributed by atoms with E-state index in [2.05, 4.69) is 10.6 Å². The van der Waals surface area contributed by atoms with E-state index < -0.39 is 15.9 Å². The lowest BCUT2D eigenvalue weighted by atomic mass is 9.99. The number of piperidine rings is 1. The fraction of sp³-hybridized carbons (Fsp3) is 0.647. The van der Waals surface area contributed by atoms with Gasteiger partial charge in [-0.2, -0.15) is 4.31 Å². The zero-order valence-electron chi connectivity index (χ0n) is 15.9. The first kappa shape index (κ1) is 22.7. The van der Waals surface area contributed by atoms with Crippen LogP contribution in [0.5, 0.6) is 0 Å². The summed E-state index contributed by atoms with van der Waals surface area (Å²) in [6.45, 7) is 2.10. The molecule has 9 nitrogen and oxygen atoms in total. The molecule has 2 aliphatic rings. The lowest BCUT2D eigenvalue weighted by Crippen LogP contribution is -2.46. The number of carbonyl (C=O) groups excluding carboxylic acids is 2. The van der Waals surface area contributed by atoms with E-state index >= 15 is 0 Å². The standard InChI is InChI=1S/C17H27N5O4S.ClH/c1-21-11-13(8-15(21)16(18)23)27(25,26)22-7-3-4-12(10-22)9-20-17(24)14-5-2-6-19-14;/h8,11-12,14,19H,2-7,9-10H2,1H3,(H2,18,23)(H,20,24);1H. The van der Waals surface area contributed by atoms with Crippen LogP contribution in [0.3, 0.4) is 0 Å². The maximum atomic E-state index is 12.9. The van der Waals surface area contributed by atoms with Gasteiger partial charge in [-0.25, -0.2) is 8.42 Å². The number of nitrogens with two attached hydrogens (primary N) is 1. The highest BCUT2D eigenvalue weighted by molar-refractivity contribution is 7.89. The number of aromatic nitrogens is 1. The molecule has 3 heterocycles. The summed E-state index contributed by atoms with van der Waals surface area (Å²) in [6.07, 6.45) is 4.85. The van der Waals surface area contributed by atoms with Crippen LogP contribution in [0.2, 0.25) is 0 Å². The van der Waals surface area contributed by atoms with Crippen LogP contribution in [0.1, 0.15) is 36.2 Å². The van der Waals surface area contributed by atoms with E-state index in [9.17, 15) is 18.0 Å². The number of nitrogens with zero attached hydrogens (tertiary/aromatic N) is 2. The van der Waals surface area contributed by atoms with Gasteiger partial charge in [0.05, 0.1) is 6.04 Å². The molecule has 28 heavy (non-hydrogen) atoms. The van der Waals surface area contributed by atoms with Crippen molar-refractivity contribution in [2.45, 2.75) is 36.6 Å². The summed E-state index contributed by atoms with van der Waals surface area (Å²) in [5.41, 5.74) is 5.43. The summed E-state index contributed by atoms with van der Waals surface area (Å²) < 4.78 is 28.7. The molecule has 3 rings (SSSR count). The summed E-state index contributed by atoms with van der Waals surface area (Å²) in [5, 5.41) is 6.10. The molecule has 4 N–H and O–H groups in total. The quantitative estimate of drug-likeness (QED) is 0.573. The van der Waals surface area contributed by atoms with E-state index in [-0.39, 0.29) is 40.9 Å². The van der Waals surface area contributed by atoms with Crippen molar-refractivity contribution in [1.82, 2.24) is 19.5 Å². The van der Waals surface area contributed by atoms with Gasteiger partial charge in [0.15, 0.2) is 0 Å². The Morgan fingerprint density at radius 2 is 2.07 bits per heavy atom. The second-order valence-corrected chi connectivity index (χ2v) is 9.24. The van der Waals surface area contributed by atoms with Crippen LogP contribution in [0.25, 0.3) is 0 Å². The minimum Gasteiger partial charge on any atom is -0.364 e. The molecule has 0 bridgehead atoms. The van der Waals surface area contributed by atoms with E-state index in [1.807, 2.05) is 0 Å². The molecule has 0 saturated carbocycles. The highest BCUT2D eigenvalue weighted by Crippen LogP contribution is 2.24. The van der Waals surface area contributed by atoms with Crippen molar-refractivity contribution in [3.05, 3.63) is 18.0 Å². The second kappa shape index (κ2) is 9.25. The number of primary amides is 1. The third kappa shape index (κ3) is 4.86. The molecule has 2 saturated heterocycles. The predicted molar refractivity (Wildman–Crippen MR) is 107 cm³/mol. The first-order valence-electron chi connectivity index (χ1n) is 9.26. The van der Waals surface area contributed by atoms with E-state index in [1.165, 1.54) is 21.1 Å². The Bertz CT molecular complexity index is 820. The van der Waals surface area contributed by atoms with Crippen LogP contribution in [0.15, 0.2) is 17.2 Å². The zero-order valence-corrected chi connectivity index (χ0v) is 17.5. The molecular formula is C17H28ClN5O4S. The van der Waals surface area contributed by atoms with Gasteiger partial charge in [-0.05, 0) is 44.2 Å². The number of sulfonamides is 1. The molecule has 0 radical (unpaired) electrons. The van der Waals surface area contributed by atoms with Crippen LogP contribution < -0.4 is 16.4 Å². The van der Waals surface area contributed by atoms with Crippen molar-refractivity contribution in [2.24, 2.45) is 18.7 Å². The number of halogens is 1. The Morgan fingerprint density at radius 3 is 2.68 bits per heavy atom. The number of rotatable bonds is 6. The van der Waals surface area contributed by atoms with Gasteiger partial charge in [0.2, 0.25) is 15.9 Å². The molecule has 2 fully saturated rings. The van der Waals surface area contributed by atoms with E-state index in [0.717, 1.165) is 32.2 Å². The minimum atomic E-state index is -3.70. The summed E-state index contributed by atoms with van der Waals surface area (Å²) >= 11 is 0. The Hall–Kier alpha value is -1.62. The first-order chi connectivity index (χ1) is 12.8. The maximum absolute atomic E-state index is 12.9. The van der Waals surface area contributed by atoms with Gasteiger partial charge in [0.1, 0.15) is 10.6 Å². The van der Waals surface area contributed by atoms with Gasteiger partial charge in [0.25, 0.3) is 5.91 Å². The van der Waals surface area contributed by atoms with Crippen LogP contribution in [-0.4, -0.2) is 61.3 Å². The number of hydrogen-bond acceptors (Lipinski definition) is 5. The summed E-state index contributed by atoms with van der Waals surface area (Å²) in [6, 6.07) is 1.18. The molecule has 0 aliphatic carbocycles. The molecule has 1 aromatic heterocycles. The molecule has 158 valence electrons. The van der Waals surface area contributed by atoms with Crippen molar-refractivity contribution < 1.29 is 18.0 Å². The Balaban J connectivity index is 0.00000280. The molecule has 2 aliphatic heterocycles. The normalized spacial score (nSPS) is 23.2. The molecule has 0 spiro atoms. The fourth-order valence-electron chi connectivity index (χ4n) is 3.76. The fourth-order valence-corrected chi connectivity index (χ4v) is 5.38. The van der Waals surface area contributed by atoms with Gasteiger partial charge in [-0.15, -0.1) is 12.4 Å². The lowest BCUT2D eigenvalue weighted by molar-refractivity contribution is -0.123. The second-order valence-electron chi connectivity index (χ2n) is 7.30. The largest absolute Gasteiger partial charge is 0.364 e. The third-order valence-electron chi connectivity index (χ3n) is 5.29.